The van der Waals surface area contributed by atoms with Gasteiger partial charge in [0, 0.05) is 24.9 Å². The number of nitrogens with zero attached hydrogens (tertiary/aromatic N) is 4. The van der Waals surface area contributed by atoms with E-state index in [1.807, 2.05) is 20.0 Å². The van der Waals surface area contributed by atoms with Gasteiger partial charge in [-0.25, -0.2) is 14.9 Å². The fraction of sp³-hybridized carbons (Fsp3) is 0.667. The van der Waals surface area contributed by atoms with Crippen molar-refractivity contribution >= 4 is 0 Å². The van der Waals surface area contributed by atoms with E-state index in [0.29, 0.717) is 12.5 Å². The summed E-state index contributed by atoms with van der Waals surface area (Å²) in [6, 6.07) is 0. The molecule has 0 amide bonds. The zero-order valence-corrected chi connectivity index (χ0v) is 13.3. The predicted molar refractivity (Wildman–Crippen MR) is 83.6 cm³/mol. The van der Waals surface area contributed by atoms with Crippen LogP contribution in [0.3, 0.4) is 0 Å². The van der Waals surface area contributed by atoms with Crippen molar-refractivity contribution in [3.05, 3.63) is 34.0 Å². The van der Waals surface area contributed by atoms with Crippen molar-refractivity contribution in [2.45, 2.75) is 46.2 Å². The molecule has 0 radical (unpaired) electrons. The normalized spacial score (nSPS) is 17.2. The number of piperidine rings is 1. The maximum atomic E-state index is 11.6. The second-order valence-corrected chi connectivity index (χ2v) is 6.13. The summed E-state index contributed by atoms with van der Waals surface area (Å²) in [5.74, 6) is 2.55. The number of nitrogens with one attached hydrogen (secondary N) is 2. The number of aryl methyl sites for hydroxylation is 1. The van der Waals surface area contributed by atoms with Crippen LogP contribution in [-0.2, 0) is 19.5 Å². The molecule has 120 valence electrons. The molecule has 2 aromatic heterocycles. The quantitative estimate of drug-likeness (QED) is 0.866. The zero-order chi connectivity index (χ0) is 15.5. The summed E-state index contributed by atoms with van der Waals surface area (Å²) in [5.41, 5.74) is 1.02. The van der Waals surface area contributed by atoms with Gasteiger partial charge < -0.3 is 4.98 Å². The van der Waals surface area contributed by atoms with Crippen LogP contribution >= 0.6 is 0 Å². The molecule has 0 atom stereocenters. The van der Waals surface area contributed by atoms with Crippen LogP contribution in [0.2, 0.25) is 0 Å². The molecule has 3 heterocycles. The fourth-order valence-electron chi connectivity index (χ4n) is 3.20. The van der Waals surface area contributed by atoms with E-state index in [4.69, 9.17) is 0 Å². The van der Waals surface area contributed by atoms with Crippen molar-refractivity contribution < 1.29 is 0 Å². The summed E-state index contributed by atoms with van der Waals surface area (Å²) in [6.07, 6.45) is 5.05. The van der Waals surface area contributed by atoms with E-state index in [9.17, 15) is 4.79 Å². The van der Waals surface area contributed by atoms with E-state index in [1.54, 1.807) is 4.57 Å². The monoisotopic (exact) mass is 304 g/mol. The Morgan fingerprint density at radius 2 is 2.14 bits per heavy atom. The molecule has 0 aliphatic carbocycles. The minimum atomic E-state index is -0.0943. The van der Waals surface area contributed by atoms with Crippen LogP contribution in [-0.4, -0.2) is 42.7 Å². The van der Waals surface area contributed by atoms with Crippen LogP contribution in [0, 0.1) is 12.8 Å². The standard InChI is InChI=1S/C15H24N6O/c1-3-21-14(18-19-15(21)22)8-12-4-6-20(7-5-12)10-13-16-9-11(2)17-13/h9,12H,3-8,10H2,1-2H3,(H,16,17)(H,19,22). The summed E-state index contributed by atoms with van der Waals surface area (Å²) in [7, 11) is 0. The highest BCUT2D eigenvalue weighted by atomic mass is 16.1. The Morgan fingerprint density at radius 1 is 1.36 bits per heavy atom. The first kappa shape index (κ1) is 15.0. The topological polar surface area (TPSA) is 82.6 Å². The van der Waals surface area contributed by atoms with Crippen LogP contribution < -0.4 is 5.69 Å². The number of hydrogen-bond donors (Lipinski definition) is 2. The molecule has 2 aromatic rings. The smallest absolute Gasteiger partial charge is 0.343 e. The predicted octanol–water partition coefficient (Wildman–Crippen LogP) is 1.08. The molecular weight excluding hydrogens is 280 g/mol. The lowest BCUT2D eigenvalue weighted by Crippen LogP contribution is -2.34. The van der Waals surface area contributed by atoms with Gasteiger partial charge in [-0.1, -0.05) is 0 Å². The number of imidazole rings is 1. The van der Waals surface area contributed by atoms with Crippen molar-refractivity contribution in [3.8, 4) is 0 Å². The molecule has 3 rings (SSSR count). The average molecular weight is 304 g/mol. The summed E-state index contributed by atoms with van der Waals surface area (Å²) < 4.78 is 1.73. The van der Waals surface area contributed by atoms with Gasteiger partial charge in [-0.15, -0.1) is 0 Å². The highest BCUT2D eigenvalue weighted by Gasteiger charge is 2.22. The molecule has 1 aliphatic heterocycles. The lowest BCUT2D eigenvalue weighted by atomic mass is 9.93. The summed E-state index contributed by atoms with van der Waals surface area (Å²) in [5, 5.41) is 6.72. The lowest BCUT2D eigenvalue weighted by Gasteiger charge is -2.31. The van der Waals surface area contributed by atoms with Crippen molar-refractivity contribution in [3.63, 3.8) is 0 Å². The lowest BCUT2D eigenvalue weighted by molar-refractivity contribution is 0.172. The highest BCUT2D eigenvalue weighted by Crippen LogP contribution is 2.21. The van der Waals surface area contributed by atoms with Gasteiger partial charge in [-0.2, -0.15) is 5.10 Å². The molecule has 0 unspecified atom stereocenters. The molecule has 2 N–H and O–H groups in total. The second kappa shape index (κ2) is 6.48. The summed E-state index contributed by atoms with van der Waals surface area (Å²) in [6.45, 7) is 7.73. The van der Waals surface area contributed by atoms with Gasteiger partial charge in [0.2, 0.25) is 0 Å². The van der Waals surface area contributed by atoms with Crippen molar-refractivity contribution in [2.24, 2.45) is 5.92 Å². The first-order valence-corrected chi connectivity index (χ1v) is 8.02. The van der Waals surface area contributed by atoms with Gasteiger partial charge in [0.05, 0.1) is 6.54 Å². The molecule has 22 heavy (non-hydrogen) atoms. The van der Waals surface area contributed by atoms with E-state index >= 15 is 0 Å². The Hall–Kier alpha value is -1.89. The first-order chi connectivity index (χ1) is 10.7. The number of rotatable bonds is 5. The molecule has 0 spiro atoms. The Kier molecular flexibility index (Phi) is 4.42. The Bertz CT molecular complexity index is 662. The Morgan fingerprint density at radius 3 is 2.77 bits per heavy atom. The number of hydrogen-bond acceptors (Lipinski definition) is 4. The minimum absolute atomic E-state index is 0.0943. The maximum Gasteiger partial charge on any atom is 0.343 e. The maximum absolute atomic E-state index is 11.6. The van der Waals surface area contributed by atoms with Crippen molar-refractivity contribution in [1.82, 2.24) is 29.6 Å². The first-order valence-electron chi connectivity index (χ1n) is 8.02. The Labute approximate surface area is 129 Å². The molecule has 0 aromatic carbocycles. The largest absolute Gasteiger partial charge is 0.345 e. The van der Waals surface area contributed by atoms with Crippen LogP contribution in [0.5, 0.6) is 0 Å². The molecule has 7 heteroatoms. The Balaban J connectivity index is 1.52. The van der Waals surface area contributed by atoms with Crippen LogP contribution in [0.25, 0.3) is 0 Å². The molecule has 1 fully saturated rings. The third-order valence-corrected chi connectivity index (χ3v) is 4.46. The molecule has 1 saturated heterocycles. The van der Waals surface area contributed by atoms with E-state index in [-0.39, 0.29) is 5.69 Å². The molecule has 7 nitrogen and oxygen atoms in total. The SMILES string of the molecule is CCn1c(CC2CCN(Cc3ncc(C)[nH]3)CC2)n[nH]c1=O. The third-order valence-electron chi connectivity index (χ3n) is 4.46. The minimum Gasteiger partial charge on any atom is -0.345 e. The van der Waals surface area contributed by atoms with E-state index in [0.717, 1.165) is 56.2 Å². The van der Waals surface area contributed by atoms with Crippen LogP contribution in [0.1, 0.15) is 37.1 Å². The molecule has 1 aliphatic rings. The number of aromatic amines is 2. The highest BCUT2D eigenvalue weighted by molar-refractivity contribution is 4.98. The van der Waals surface area contributed by atoms with Crippen molar-refractivity contribution in [2.75, 3.05) is 13.1 Å². The van der Waals surface area contributed by atoms with Gasteiger partial charge >= 0.3 is 5.69 Å². The molecule has 0 saturated carbocycles. The number of likely N-dealkylation sites (tertiary alicyclic amines) is 1. The average Bonchev–Trinajstić information content (AvgIpc) is 3.07. The molecule has 0 bridgehead atoms. The van der Waals surface area contributed by atoms with Gasteiger partial charge in [0.15, 0.2) is 0 Å². The van der Waals surface area contributed by atoms with Gasteiger partial charge in [-0.05, 0) is 45.7 Å². The van der Waals surface area contributed by atoms with Gasteiger partial charge in [0.1, 0.15) is 11.6 Å². The van der Waals surface area contributed by atoms with Crippen molar-refractivity contribution in [1.29, 1.82) is 0 Å². The van der Waals surface area contributed by atoms with E-state index < -0.39 is 0 Å². The third kappa shape index (κ3) is 3.30. The number of H-pyrrole nitrogens is 2. The second-order valence-electron chi connectivity index (χ2n) is 6.13. The fourth-order valence-corrected chi connectivity index (χ4v) is 3.20. The van der Waals surface area contributed by atoms with Gasteiger partial charge in [0.25, 0.3) is 0 Å². The van der Waals surface area contributed by atoms with E-state index in [1.165, 1.54) is 0 Å². The van der Waals surface area contributed by atoms with E-state index in [2.05, 4.69) is 25.1 Å². The zero-order valence-electron chi connectivity index (χ0n) is 13.3. The van der Waals surface area contributed by atoms with Crippen LogP contribution in [0.4, 0.5) is 0 Å². The summed E-state index contributed by atoms with van der Waals surface area (Å²) in [4.78, 5) is 21.7. The summed E-state index contributed by atoms with van der Waals surface area (Å²) >= 11 is 0. The van der Waals surface area contributed by atoms with Crippen LogP contribution in [0.15, 0.2) is 11.0 Å². The molecular formula is C15H24N6O. The number of aromatic nitrogens is 5. The van der Waals surface area contributed by atoms with Gasteiger partial charge in [-0.3, -0.25) is 9.47 Å².